The molecule has 1 unspecified atom stereocenters. The summed E-state index contributed by atoms with van der Waals surface area (Å²) in [4.78, 5) is 15.6. The van der Waals surface area contributed by atoms with Crippen LogP contribution in [-0.2, 0) is 23.1 Å². The van der Waals surface area contributed by atoms with Gasteiger partial charge in [0.25, 0.3) is 5.91 Å². The number of amides is 1. The van der Waals surface area contributed by atoms with Gasteiger partial charge in [0.15, 0.2) is 0 Å². The van der Waals surface area contributed by atoms with Gasteiger partial charge < -0.3 is 4.90 Å². The highest BCUT2D eigenvalue weighted by Crippen LogP contribution is 2.16. The van der Waals surface area contributed by atoms with Gasteiger partial charge in [0, 0.05) is 39.8 Å². The minimum atomic E-state index is -0.918. The van der Waals surface area contributed by atoms with Gasteiger partial charge in [-0.25, -0.2) is 0 Å². The molecule has 2 rings (SSSR count). The standard InChI is InChI=1S/C17H19NO2S2/c1-3-9-18(12-16-8-5-10-21-16)17(19)15-7-4-6-14(11-15)13-22(2)20/h3-8,10-11H,1,9,12-13H2,2H3. The van der Waals surface area contributed by atoms with Crippen LogP contribution in [0.5, 0.6) is 0 Å². The molecule has 5 heteroatoms. The molecule has 0 radical (unpaired) electrons. The fourth-order valence-corrected chi connectivity index (χ4v) is 3.55. The Labute approximate surface area is 137 Å². The maximum Gasteiger partial charge on any atom is 0.254 e. The molecule has 1 aromatic heterocycles. The second-order valence-electron chi connectivity index (χ2n) is 4.97. The molecular formula is C17H19NO2S2. The number of hydrogen-bond donors (Lipinski definition) is 0. The van der Waals surface area contributed by atoms with Crippen molar-refractivity contribution in [3.8, 4) is 0 Å². The van der Waals surface area contributed by atoms with Gasteiger partial charge in [0.1, 0.15) is 0 Å². The van der Waals surface area contributed by atoms with E-state index in [0.717, 1.165) is 10.4 Å². The number of hydrogen-bond acceptors (Lipinski definition) is 3. The molecule has 3 nitrogen and oxygen atoms in total. The van der Waals surface area contributed by atoms with Gasteiger partial charge in [-0.15, -0.1) is 17.9 Å². The van der Waals surface area contributed by atoms with Gasteiger partial charge in [-0.3, -0.25) is 9.00 Å². The van der Waals surface area contributed by atoms with Crippen LogP contribution in [0, 0.1) is 0 Å². The summed E-state index contributed by atoms with van der Waals surface area (Å²) >= 11 is 1.63. The summed E-state index contributed by atoms with van der Waals surface area (Å²) in [6.07, 6.45) is 3.39. The van der Waals surface area contributed by atoms with Crippen LogP contribution in [-0.4, -0.2) is 27.8 Å². The normalized spacial score (nSPS) is 11.9. The van der Waals surface area contributed by atoms with Crippen molar-refractivity contribution in [2.75, 3.05) is 12.8 Å². The molecule has 1 atom stereocenters. The van der Waals surface area contributed by atoms with Crippen molar-refractivity contribution in [1.29, 1.82) is 0 Å². The zero-order valence-electron chi connectivity index (χ0n) is 12.5. The van der Waals surface area contributed by atoms with E-state index >= 15 is 0 Å². The van der Waals surface area contributed by atoms with E-state index in [0.29, 0.717) is 24.4 Å². The number of carbonyl (C=O) groups is 1. The smallest absolute Gasteiger partial charge is 0.254 e. The zero-order valence-corrected chi connectivity index (χ0v) is 14.2. The fourth-order valence-electron chi connectivity index (χ4n) is 2.18. The lowest BCUT2D eigenvalue weighted by atomic mass is 10.1. The Morgan fingerprint density at radius 3 is 2.82 bits per heavy atom. The zero-order chi connectivity index (χ0) is 15.9. The second kappa shape index (κ2) is 8.06. The van der Waals surface area contributed by atoms with E-state index < -0.39 is 10.8 Å². The summed E-state index contributed by atoms with van der Waals surface area (Å²) in [5.41, 5.74) is 1.54. The molecule has 1 heterocycles. The van der Waals surface area contributed by atoms with Gasteiger partial charge in [-0.2, -0.15) is 0 Å². The first-order valence-electron chi connectivity index (χ1n) is 6.91. The van der Waals surface area contributed by atoms with Crippen molar-refractivity contribution >= 4 is 28.0 Å². The van der Waals surface area contributed by atoms with Gasteiger partial charge in [0.2, 0.25) is 0 Å². The lowest BCUT2D eigenvalue weighted by Gasteiger charge is -2.20. The molecule has 0 N–H and O–H groups in total. The van der Waals surface area contributed by atoms with Crippen molar-refractivity contribution in [2.24, 2.45) is 0 Å². The maximum atomic E-state index is 12.7. The van der Waals surface area contributed by atoms with Crippen molar-refractivity contribution in [3.63, 3.8) is 0 Å². The Morgan fingerprint density at radius 1 is 1.36 bits per heavy atom. The van der Waals surface area contributed by atoms with Gasteiger partial charge in [-0.1, -0.05) is 24.3 Å². The van der Waals surface area contributed by atoms with Crippen LogP contribution in [0.2, 0.25) is 0 Å². The number of carbonyl (C=O) groups excluding carboxylic acids is 1. The van der Waals surface area contributed by atoms with Crippen LogP contribution in [0.1, 0.15) is 20.8 Å². The highest BCUT2D eigenvalue weighted by atomic mass is 32.2. The number of benzene rings is 1. The van der Waals surface area contributed by atoms with Crippen molar-refractivity contribution in [3.05, 3.63) is 70.4 Å². The van der Waals surface area contributed by atoms with E-state index in [9.17, 15) is 9.00 Å². The maximum absolute atomic E-state index is 12.7. The molecule has 0 spiro atoms. The van der Waals surface area contributed by atoms with E-state index in [2.05, 4.69) is 6.58 Å². The molecule has 0 aliphatic heterocycles. The number of thiophene rings is 1. The molecule has 0 saturated carbocycles. The van der Waals surface area contributed by atoms with Crippen LogP contribution < -0.4 is 0 Å². The van der Waals surface area contributed by atoms with Crippen molar-refractivity contribution < 1.29 is 9.00 Å². The first-order chi connectivity index (χ1) is 10.6. The molecule has 0 saturated heterocycles. The average molecular weight is 333 g/mol. The molecule has 0 aliphatic carbocycles. The van der Waals surface area contributed by atoms with Crippen LogP contribution in [0.15, 0.2) is 54.4 Å². The molecule has 22 heavy (non-hydrogen) atoms. The highest BCUT2D eigenvalue weighted by molar-refractivity contribution is 7.83. The molecule has 0 fully saturated rings. The Balaban J connectivity index is 2.18. The summed E-state index contributed by atoms with van der Waals surface area (Å²) in [5, 5.41) is 2.00. The summed E-state index contributed by atoms with van der Waals surface area (Å²) in [6, 6.07) is 11.4. The predicted molar refractivity (Wildman–Crippen MR) is 93.5 cm³/mol. The molecule has 2 aromatic rings. The summed E-state index contributed by atoms with van der Waals surface area (Å²) in [6.45, 7) is 4.81. The molecule has 0 aliphatic rings. The van der Waals surface area contributed by atoms with Crippen LogP contribution in [0.25, 0.3) is 0 Å². The average Bonchev–Trinajstić information content (AvgIpc) is 2.99. The lowest BCUT2D eigenvalue weighted by molar-refractivity contribution is 0.0764. The van der Waals surface area contributed by atoms with E-state index in [1.54, 1.807) is 34.6 Å². The van der Waals surface area contributed by atoms with Gasteiger partial charge in [0.05, 0.1) is 6.54 Å². The minimum absolute atomic E-state index is 0.0305. The lowest BCUT2D eigenvalue weighted by Crippen LogP contribution is -2.30. The molecular weight excluding hydrogens is 314 g/mol. The largest absolute Gasteiger partial charge is 0.330 e. The van der Waals surface area contributed by atoms with Crippen LogP contribution >= 0.6 is 11.3 Å². The summed E-state index contributed by atoms with van der Waals surface area (Å²) in [5.74, 6) is 0.435. The van der Waals surface area contributed by atoms with Crippen molar-refractivity contribution in [1.82, 2.24) is 4.90 Å². The fraction of sp³-hybridized carbons (Fsp3) is 0.235. The SMILES string of the molecule is C=CCN(Cc1cccs1)C(=O)c1cccc(CS(C)=O)c1. The van der Waals surface area contributed by atoms with E-state index in [-0.39, 0.29) is 5.91 Å². The number of nitrogens with zero attached hydrogens (tertiary/aromatic N) is 1. The van der Waals surface area contributed by atoms with E-state index in [1.165, 1.54) is 0 Å². The summed E-state index contributed by atoms with van der Waals surface area (Å²) < 4.78 is 11.3. The third-order valence-electron chi connectivity index (χ3n) is 3.11. The second-order valence-corrected chi connectivity index (χ2v) is 7.44. The first-order valence-corrected chi connectivity index (χ1v) is 9.52. The predicted octanol–water partition coefficient (Wildman–Crippen LogP) is 3.46. The Hall–Kier alpha value is -1.72. The third kappa shape index (κ3) is 4.64. The van der Waals surface area contributed by atoms with E-state index in [1.807, 2.05) is 35.7 Å². The van der Waals surface area contributed by atoms with Crippen LogP contribution in [0.3, 0.4) is 0 Å². The van der Waals surface area contributed by atoms with Gasteiger partial charge >= 0.3 is 0 Å². The quantitative estimate of drug-likeness (QED) is 0.728. The third-order valence-corrected chi connectivity index (χ3v) is 4.71. The number of rotatable bonds is 7. The minimum Gasteiger partial charge on any atom is -0.330 e. The Kier molecular flexibility index (Phi) is 6.10. The topological polar surface area (TPSA) is 37.4 Å². The molecule has 116 valence electrons. The Morgan fingerprint density at radius 2 is 2.18 bits per heavy atom. The molecule has 1 aromatic carbocycles. The van der Waals surface area contributed by atoms with Crippen LogP contribution in [0.4, 0.5) is 0 Å². The first kappa shape index (κ1) is 16.6. The summed E-state index contributed by atoms with van der Waals surface area (Å²) in [7, 11) is -0.918. The van der Waals surface area contributed by atoms with Gasteiger partial charge in [-0.05, 0) is 29.1 Å². The molecule has 0 bridgehead atoms. The Bertz CT molecular complexity index is 665. The van der Waals surface area contributed by atoms with Crippen molar-refractivity contribution in [2.45, 2.75) is 12.3 Å². The van der Waals surface area contributed by atoms with E-state index in [4.69, 9.17) is 0 Å². The molecule has 1 amide bonds. The monoisotopic (exact) mass is 333 g/mol. The highest BCUT2D eigenvalue weighted by Gasteiger charge is 2.16.